The fraction of sp³-hybridized carbons (Fsp3) is 0.571. The van der Waals surface area contributed by atoms with Gasteiger partial charge in [0.1, 0.15) is 0 Å². The molecule has 9 aliphatic rings. The number of hydrogen-bond acceptors (Lipinski definition) is 1. The van der Waals surface area contributed by atoms with Crippen molar-refractivity contribution in [3.8, 4) is 0 Å². The molecule has 2 heterocycles. The van der Waals surface area contributed by atoms with Crippen LogP contribution in [0.25, 0.3) is 5.70 Å². The van der Waals surface area contributed by atoms with E-state index in [1.165, 1.54) is 88.5 Å². The maximum Gasteiger partial charge on any atom is 0.0881 e. The molecule has 4 heteroatoms. The number of rotatable bonds is 4. The highest BCUT2D eigenvalue weighted by Crippen LogP contribution is 2.62. The van der Waals surface area contributed by atoms with Crippen molar-refractivity contribution in [1.29, 1.82) is 0 Å². The zero-order valence-corrected chi connectivity index (χ0v) is 24.2. The molecule has 0 unspecified atom stereocenters. The number of aromatic nitrogens is 1. The molecule has 0 amide bonds. The van der Waals surface area contributed by atoms with Crippen molar-refractivity contribution in [2.45, 2.75) is 82.5 Å². The number of aliphatic imine (C=N–C) groups is 1. The van der Waals surface area contributed by atoms with Gasteiger partial charge in [0.2, 0.25) is 0 Å². The third kappa shape index (κ3) is 3.56. The summed E-state index contributed by atoms with van der Waals surface area (Å²) < 4.78 is 2.46. The Hall–Kier alpha value is -1.77. The largest absolute Gasteiger partial charge is 0.318 e. The topological polar surface area (TPSA) is 17.3 Å². The van der Waals surface area contributed by atoms with Crippen LogP contribution in [-0.4, -0.2) is 10.3 Å². The highest BCUT2D eigenvalue weighted by atomic mass is 35.5. The number of hydrogen-bond donors (Lipinski definition) is 0. The molecule has 0 radical (unpaired) electrons. The number of allylic oxidation sites excluding steroid dienone is 2. The van der Waals surface area contributed by atoms with Gasteiger partial charge in [-0.1, -0.05) is 29.3 Å². The van der Waals surface area contributed by atoms with Gasteiger partial charge in [0, 0.05) is 34.0 Å². The van der Waals surface area contributed by atoms with Crippen LogP contribution in [0.2, 0.25) is 10.0 Å². The molecular weight excluding hydrogens is 519 g/mol. The molecule has 0 saturated heterocycles. The zero-order chi connectivity index (χ0) is 25.9. The van der Waals surface area contributed by atoms with Crippen LogP contribution in [0, 0.1) is 40.9 Å². The van der Waals surface area contributed by atoms with Gasteiger partial charge in [-0.3, -0.25) is 4.99 Å². The molecule has 11 rings (SSSR count). The highest BCUT2D eigenvalue weighted by Gasteiger charge is 2.54. The second kappa shape index (κ2) is 8.39. The fourth-order valence-corrected chi connectivity index (χ4v) is 12.3. The summed E-state index contributed by atoms with van der Waals surface area (Å²) in [5.74, 6) is 5.41. The SMILES string of the molecule is Clc1cccc(Cl)c1/C(=C1/C=CC(C23CC4CC(CC(C4)C2)C3)=N1)n1cccc1C12CC3CC(CC(C3)C1)C2. The molecule has 0 spiro atoms. The predicted molar refractivity (Wildman–Crippen MR) is 160 cm³/mol. The Morgan fingerprint density at radius 2 is 1.18 bits per heavy atom. The smallest absolute Gasteiger partial charge is 0.0881 e. The summed E-state index contributed by atoms with van der Waals surface area (Å²) in [7, 11) is 0. The summed E-state index contributed by atoms with van der Waals surface area (Å²) >= 11 is 14.0. The summed E-state index contributed by atoms with van der Waals surface area (Å²) in [4.78, 5) is 5.53. The molecule has 8 bridgehead atoms. The average Bonchev–Trinajstić information content (AvgIpc) is 3.56. The van der Waals surface area contributed by atoms with Crippen molar-refractivity contribution in [2.75, 3.05) is 0 Å². The van der Waals surface area contributed by atoms with Gasteiger partial charge in [0.05, 0.1) is 21.4 Å². The van der Waals surface area contributed by atoms with Gasteiger partial charge in [-0.05, 0) is 149 Å². The van der Waals surface area contributed by atoms with Crippen LogP contribution in [0.15, 0.2) is 59.4 Å². The Balaban J connectivity index is 1.21. The second-order valence-electron chi connectivity index (χ2n) is 14.8. The normalized spacial score (nSPS) is 42.5. The van der Waals surface area contributed by atoms with Crippen LogP contribution >= 0.6 is 23.2 Å². The highest BCUT2D eigenvalue weighted by molar-refractivity contribution is 6.37. The maximum absolute atomic E-state index is 6.98. The quantitative estimate of drug-likeness (QED) is 0.356. The Kier molecular flexibility index (Phi) is 5.14. The summed E-state index contributed by atoms with van der Waals surface area (Å²) in [6.07, 6.45) is 23.6. The van der Waals surface area contributed by atoms with Crippen molar-refractivity contribution < 1.29 is 0 Å². The standard InChI is InChI=1S/C35H38Cl2N2/c36-27-3-1-4-28(37)32(27)33(29-6-7-30(38-29)34-15-21-9-22(16-34)11-23(10-21)17-34)39-8-2-5-31(39)35-18-24-12-25(19-35)14-26(13-24)20-35/h1-8,21-26H,9-20H2/b33-29+. The van der Waals surface area contributed by atoms with E-state index < -0.39 is 0 Å². The van der Waals surface area contributed by atoms with Crippen LogP contribution in [0.3, 0.4) is 0 Å². The van der Waals surface area contributed by atoms with Gasteiger partial charge >= 0.3 is 0 Å². The van der Waals surface area contributed by atoms with E-state index in [9.17, 15) is 0 Å². The van der Waals surface area contributed by atoms with Gasteiger partial charge in [0.25, 0.3) is 0 Å². The molecule has 8 aliphatic carbocycles. The molecule has 8 fully saturated rings. The number of nitrogens with zero attached hydrogens (tertiary/aromatic N) is 2. The summed E-state index contributed by atoms with van der Waals surface area (Å²) in [5, 5.41) is 1.42. The summed E-state index contributed by atoms with van der Waals surface area (Å²) in [6.45, 7) is 0. The van der Waals surface area contributed by atoms with E-state index in [0.717, 1.165) is 52.5 Å². The summed E-state index contributed by atoms with van der Waals surface area (Å²) in [6, 6.07) is 10.6. The van der Waals surface area contributed by atoms with E-state index in [1.807, 2.05) is 18.2 Å². The van der Waals surface area contributed by atoms with Crippen LogP contribution in [-0.2, 0) is 5.41 Å². The molecule has 2 nitrogen and oxygen atoms in total. The van der Waals surface area contributed by atoms with Crippen molar-refractivity contribution in [3.05, 3.63) is 75.7 Å². The summed E-state index contributed by atoms with van der Waals surface area (Å²) in [5.41, 5.74) is 6.40. The molecule has 1 aromatic heterocycles. The first-order valence-electron chi connectivity index (χ1n) is 15.6. The first-order chi connectivity index (χ1) is 19.0. The molecule has 1 aromatic carbocycles. The monoisotopic (exact) mass is 556 g/mol. The minimum Gasteiger partial charge on any atom is -0.318 e. The predicted octanol–water partition coefficient (Wildman–Crippen LogP) is 9.71. The molecule has 202 valence electrons. The van der Waals surface area contributed by atoms with Crippen LogP contribution < -0.4 is 0 Å². The first kappa shape index (κ1) is 23.9. The molecular formula is C35H38Cl2N2. The molecule has 0 atom stereocenters. The van der Waals surface area contributed by atoms with E-state index in [4.69, 9.17) is 28.2 Å². The lowest BCUT2D eigenvalue weighted by Gasteiger charge is -2.57. The third-order valence-corrected chi connectivity index (χ3v) is 12.9. The van der Waals surface area contributed by atoms with E-state index >= 15 is 0 Å². The molecule has 39 heavy (non-hydrogen) atoms. The minimum absolute atomic E-state index is 0.270. The van der Waals surface area contributed by atoms with Gasteiger partial charge in [0.15, 0.2) is 0 Å². The number of halogens is 2. The van der Waals surface area contributed by atoms with E-state index in [0.29, 0.717) is 10.0 Å². The van der Waals surface area contributed by atoms with Crippen molar-refractivity contribution >= 4 is 34.6 Å². The van der Waals surface area contributed by atoms with E-state index in [-0.39, 0.29) is 10.8 Å². The Bertz CT molecular complexity index is 1360. The first-order valence-corrected chi connectivity index (χ1v) is 16.4. The Morgan fingerprint density at radius 1 is 0.667 bits per heavy atom. The molecule has 1 aliphatic heterocycles. The number of benzene rings is 1. The van der Waals surface area contributed by atoms with Gasteiger partial charge < -0.3 is 4.57 Å². The average molecular weight is 558 g/mol. The lowest BCUT2D eigenvalue weighted by Crippen LogP contribution is -2.49. The van der Waals surface area contributed by atoms with Crippen LogP contribution in [0.4, 0.5) is 0 Å². The van der Waals surface area contributed by atoms with Crippen LogP contribution in [0.5, 0.6) is 0 Å². The Labute approximate surface area is 242 Å². The fourth-order valence-electron chi connectivity index (χ4n) is 11.7. The zero-order valence-electron chi connectivity index (χ0n) is 22.7. The van der Waals surface area contributed by atoms with E-state index in [1.54, 1.807) is 0 Å². The Morgan fingerprint density at radius 3 is 1.72 bits per heavy atom. The molecule has 8 saturated carbocycles. The van der Waals surface area contributed by atoms with Crippen molar-refractivity contribution in [2.24, 2.45) is 45.9 Å². The lowest BCUT2D eigenvalue weighted by atomic mass is 9.48. The van der Waals surface area contributed by atoms with Gasteiger partial charge in [-0.2, -0.15) is 0 Å². The third-order valence-electron chi connectivity index (χ3n) is 12.2. The van der Waals surface area contributed by atoms with Gasteiger partial charge in [-0.25, -0.2) is 0 Å². The molecule has 0 N–H and O–H groups in total. The lowest BCUT2D eigenvalue weighted by molar-refractivity contribution is -0.0117. The van der Waals surface area contributed by atoms with Crippen molar-refractivity contribution in [3.63, 3.8) is 0 Å². The minimum atomic E-state index is 0.270. The van der Waals surface area contributed by atoms with Crippen molar-refractivity contribution in [1.82, 2.24) is 4.57 Å². The van der Waals surface area contributed by atoms with Gasteiger partial charge in [-0.15, -0.1) is 0 Å². The van der Waals surface area contributed by atoms with E-state index in [2.05, 4.69) is 35.0 Å². The van der Waals surface area contributed by atoms with Crippen LogP contribution in [0.1, 0.15) is 88.3 Å². The second-order valence-corrected chi connectivity index (χ2v) is 15.6. The maximum atomic E-state index is 6.98. The molecule has 2 aromatic rings.